The molecule has 18 atom stereocenters. The van der Waals surface area contributed by atoms with Gasteiger partial charge in [0.25, 0.3) is 0 Å². The van der Waals surface area contributed by atoms with Crippen molar-refractivity contribution in [2.45, 2.75) is 111 Å². The van der Waals surface area contributed by atoms with Crippen molar-refractivity contribution in [1.29, 1.82) is 0 Å². The highest BCUT2D eigenvalue weighted by Gasteiger charge is 2.55. The van der Waals surface area contributed by atoms with E-state index in [1.165, 1.54) is 0 Å². The van der Waals surface area contributed by atoms with Crippen LogP contribution in [0.2, 0.25) is 0 Å². The number of rotatable bonds is 8. The number of carbonyl (C=O) groups is 1. The number of aliphatic hydroxyl groups excluding tert-OH is 11. The first-order chi connectivity index (χ1) is 19.8. The SMILES string of the molecule is O=C(O)[C@H]1O[C@@H](O)[C@H](O[C@@H]2O[C@H](CO)[C@H](O)[C@H](O)[C@H]2O)[C@@H](O[C@@H]2OC[C@H](O)[C@H](O)[C@H]2O[C@@H]2OC[C@@H](O)[C@H](O)[C@H]2O)[C@@H]1O. The van der Waals surface area contributed by atoms with Gasteiger partial charge in [0.2, 0.25) is 0 Å². The van der Waals surface area contributed by atoms with E-state index in [9.17, 15) is 66.1 Å². The van der Waals surface area contributed by atoms with E-state index in [-0.39, 0.29) is 0 Å². The third kappa shape index (κ3) is 6.71. The minimum atomic E-state index is -2.22. The van der Waals surface area contributed by atoms with Gasteiger partial charge in [0.1, 0.15) is 79.4 Å². The first-order valence-electron chi connectivity index (χ1n) is 12.9. The molecule has 4 saturated heterocycles. The minimum Gasteiger partial charge on any atom is -0.479 e. The van der Waals surface area contributed by atoms with Crippen LogP contribution in [-0.2, 0) is 38.0 Å². The summed E-state index contributed by atoms with van der Waals surface area (Å²) in [5.74, 6) is -1.75. The summed E-state index contributed by atoms with van der Waals surface area (Å²) < 4.78 is 37.4. The van der Waals surface area contributed by atoms with E-state index >= 15 is 0 Å². The van der Waals surface area contributed by atoms with Gasteiger partial charge in [-0.3, -0.25) is 0 Å². The largest absolute Gasteiger partial charge is 0.479 e. The lowest BCUT2D eigenvalue weighted by atomic mass is 9.96. The molecule has 0 saturated carbocycles. The standard InChI is InChI=1S/C22H36O20/c23-1-6-9(28)10(29)12(31)21(38-6)42-17-14(13(32)15(18(33)34)39-19(17)35)40-22-16(8(27)5(25)3-37-22)41-20-11(30)7(26)4(24)2-36-20/h4-17,19-32,35H,1-3H2,(H,33,34)/t4-,5+,6-,7+,8+,9+,10+,11-,12-,13+,14+,15+,16-,17-,19-,20+,21+,22+/m1/s1. The van der Waals surface area contributed by atoms with Gasteiger partial charge in [-0.1, -0.05) is 0 Å². The molecule has 0 aromatic carbocycles. The van der Waals surface area contributed by atoms with Gasteiger partial charge in [-0.2, -0.15) is 0 Å². The first-order valence-corrected chi connectivity index (χ1v) is 12.9. The highest BCUT2D eigenvalue weighted by molar-refractivity contribution is 5.73. The lowest BCUT2D eigenvalue weighted by Crippen LogP contribution is -2.67. The summed E-state index contributed by atoms with van der Waals surface area (Å²) in [5, 5.41) is 121. The molecular weight excluding hydrogens is 584 g/mol. The summed E-state index contributed by atoms with van der Waals surface area (Å²) >= 11 is 0. The van der Waals surface area contributed by atoms with Crippen LogP contribution in [0.25, 0.3) is 0 Å². The molecule has 0 aliphatic carbocycles. The molecule has 12 N–H and O–H groups in total. The molecule has 4 heterocycles. The fourth-order valence-corrected chi connectivity index (χ4v) is 4.92. The second-order valence-electron chi connectivity index (χ2n) is 10.3. The zero-order valence-electron chi connectivity index (χ0n) is 21.6. The summed E-state index contributed by atoms with van der Waals surface area (Å²) in [4.78, 5) is 11.7. The van der Waals surface area contributed by atoms with E-state index in [0.717, 1.165) is 0 Å². The Kier molecular flexibility index (Phi) is 11.1. The van der Waals surface area contributed by atoms with Crippen LogP contribution in [-0.4, -0.2) is 198 Å². The van der Waals surface area contributed by atoms with E-state index in [1.54, 1.807) is 0 Å². The predicted molar refractivity (Wildman–Crippen MR) is 122 cm³/mol. The Morgan fingerprint density at radius 1 is 0.595 bits per heavy atom. The average Bonchev–Trinajstić information content (AvgIpc) is 2.95. The molecule has 20 heteroatoms. The molecule has 4 aliphatic heterocycles. The first kappa shape index (κ1) is 33.6. The summed E-state index contributed by atoms with van der Waals surface area (Å²) in [6.07, 6.45) is -33.2. The zero-order valence-corrected chi connectivity index (χ0v) is 21.6. The van der Waals surface area contributed by atoms with Crippen molar-refractivity contribution in [2.24, 2.45) is 0 Å². The zero-order chi connectivity index (χ0) is 31.0. The number of hydrogen-bond acceptors (Lipinski definition) is 19. The van der Waals surface area contributed by atoms with E-state index in [2.05, 4.69) is 0 Å². The van der Waals surface area contributed by atoms with Crippen LogP contribution in [0.5, 0.6) is 0 Å². The topological polar surface area (TPSA) is 324 Å². The van der Waals surface area contributed by atoms with Crippen molar-refractivity contribution in [3.05, 3.63) is 0 Å². The Labute approximate surface area is 236 Å². The van der Waals surface area contributed by atoms with Crippen LogP contribution in [0, 0.1) is 0 Å². The van der Waals surface area contributed by atoms with Crippen LogP contribution < -0.4 is 0 Å². The smallest absolute Gasteiger partial charge is 0.335 e. The van der Waals surface area contributed by atoms with Crippen LogP contribution in [0.15, 0.2) is 0 Å². The van der Waals surface area contributed by atoms with Gasteiger partial charge in [-0.05, 0) is 0 Å². The lowest BCUT2D eigenvalue weighted by Gasteiger charge is -2.48. The van der Waals surface area contributed by atoms with Crippen LogP contribution >= 0.6 is 0 Å². The van der Waals surface area contributed by atoms with Gasteiger partial charge in [0.05, 0.1) is 19.8 Å². The van der Waals surface area contributed by atoms with Crippen molar-refractivity contribution in [1.82, 2.24) is 0 Å². The van der Waals surface area contributed by atoms with Gasteiger partial charge in [-0.15, -0.1) is 0 Å². The van der Waals surface area contributed by atoms with E-state index in [4.69, 9.17) is 33.2 Å². The highest BCUT2D eigenvalue weighted by atomic mass is 16.8. The highest BCUT2D eigenvalue weighted by Crippen LogP contribution is 2.33. The minimum absolute atomic E-state index is 0.499. The quantitative estimate of drug-likeness (QED) is 0.120. The Hall–Kier alpha value is -1.25. The molecule has 0 spiro atoms. The van der Waals surface area contributed by atoms with Gasteiger partial charge in [0.15, 0.2) is 31.3 Å². The number of carboxylic acid groups (broad SMARTS) is 1. The number of aliphatic hydroxyl groups is 11. The molecular formula is C22H36O20. The van der Waals surface area contributed by atoms with E-state index in [1.807, 2.05) is 0 Å². The van der Waals surface area contributed by atoms with Crippen molar-refractivity contribution in [3.8, 4) is 0 Å². The summed E-state index contributed by atoms with van der Waals surface area (Å²) in [6.45, 7) is -1.93. The Morgan fingerprint density at radius 2 is 1.14 bits per heavy atom. The van der Waals surface area contributed by atoms with Gasteiger partial charge in [0, 0.05) is 0 Å². The van der Waals surface area contributed by atoms with Gasteiger partial charge in [-0.25, -0.2) is 4.79 Å². The molecule has 42 heavy (non-hydrogen) atoms. The average molecular weight is 621 g/mol. The Balaban J connectivity index is 1.58. The van der Waals surface area contributed by atoms with Crippen LogP contribution in [0.4, 0.5) is 0 Å². The van der Waals surface area contributed by atoms with E-state index < -0.39 is 136 Å². The maximum Gasteiger partial charge on any atom is 0.335 e. The molecule has 4 rings (SSSR count). The molecule has 0 radical (unpaired) electrons. The molecule has 20 nitrogen and oxygen atoms in total. The van der Waals surface area contributed by atoms with Crippen molar-refractivity contribution in [3.63, 3.8) is 0 Å². The molecule has 0 unspecified atom stereocenters. The molecule has 0 bridgehead atoms. The maximum atomic E-state index is 11.7. The molecule has 0 aromatic heterocycles. The van der Waals surface area contributed by atoms with Crippen molar-refractivity contribution >= 4 is 5.97 Å². The number of aliphatic carboxylic acids is 1. The Bertz CT molecular complexity index is 894. The predicted octanol–water partition coefficient (Wildman–Crippen LogP) is -8.38. The number of hydrogen-bond donors (Lipinski definition) is 12. The maximum absolute atomic E-state index is 11.7. The van der Waals surface area contributed by atoms with E-state index in [0.29, 0.717) is 0 Å². The normalized spacial score (nSPS) is 52.2. The number of carboxylic acids is 1. The second-order valence-corrected chi connectivity index (χ2v) is 10.3. The fraction of sp³-hybridized carbons (Fsp3) is 0.955. The third-order valence-electron chi connectivity index (χ3n) is 7.39. The van der Waals surface area contributed by atoms with Crippen molar-refractivity contribution < 1.29 is 99.2 Å². The molecule has 4 aliphatic rings. The summed E-state index contributed by atoms with van der Waals surface area (Å²) in [7, 11) is 0. The van der Waals surface area contributed by atoms with Gasteiger partial charge >= 0.3 is 5.97 Å². The van der Waals surface area contributed by atoms with Crippen LogP contribution in [0.1, 0.15) is 0 Å². The van der Waals surface area contributed by atoms with Crippen molar-refractivity contribution in [2.75, 3.05) is 19.8 Å². The monoisotopic (exact) mass is 620 g/mol. The molecule has 0 aromatic rings. The Morgan fingerprint density at radius 3 is 1.76 bits per heavy atom. The second kappa shape index (κ2) is 13.8. The lowest BCUT2D eigenvalue weighted by molar-refractivity contribution is -0.389. The molecule has 244 valence electrons. The third-order valence-corrected chi connectivity index (χ3v) is 7.39. The summed E-state index contributed by atoms with van der Waals surface area (Å²) in [5.41, 5.74) is 0. The fourth-order valence-electron chi connectivity index (χ4n) is 4.92. The molecule has 0 amide bonds. The van der Waals surface area contributed by atoms with Gasteiger partial charge < -0.3 is 94.4 Å². The number of ether oxygens (including phenoxy) is 7. The summed E-state index contributed by atoms with van der Waals surface area (Å²) in [6, 6.07) is 0. The van der Waals surface area contributed by atoms with Crippen LogP contribution in [0.3, 0.4) is 0 Å². The molecule has 4 fully saturated rings.